The lowest BCUT2D eigenvalue weighted by Gasteiger charge is -2.26. The molecule has 1 fully saturated rings. The summed E-state index contributed by atoms with van der Waals surface area (Å²) in [7, 11) is 0. The van der Waals surface area contributed by atoms with Gasteiger partial charge in [-0.3, -0.25) is 4.99 Å². The summed E-state index contributed by atoms with van der Waals surface area (Å²) in [6, 6.07) is 1.94. The van der Waals surface area contributed by atoms with Crippen molar-refractivity contribution in [3.05, 3.63) is 0 Å². The van der Waals surface area contributed by atoms with E-state index in [2.05, 4.69) is 22.7 Å². The molecular formula is C10H17N3S. The quantitative estimate of drug-likeness (QED) is 0.645. The molecule has 0 saturated carbocycles. The lowest BCUT2D eigenvalue weighted by molar-refractivity contribution is 0.294. The van der Waals surface area contributed by atoms with Crippen molar-refractivity contribution in [1.82, 2.24) is 4.90 Å². The molecule has 0 aromatic rings. The minimum atomic E-state index is -0.200. The van der Waals surface area contributed by atoms with E-state index in [0.29, 0.717) is 0 Å². The van der Waals surface area contributed by atoms with Crippen molar-refractivity contribution in [2.75, 3.05) is 31.1 Å². The summed E-state index contributed by atoms with van der Waals surface area (Å²) in [5.74, 6) is 2.50. The Bertz CT molecular complexity index is 206. The van der Waals surface area contributed by atoms with E-state index in [1.165, 1.54) is 24.6 Å². The van der Waals surface area contributed by atoms with Crippen LogP contribution in [0, 0.1) is 11.3 Å². The maximum atomic E-state index is 8.66. The van der Waals surface area contributed by atoms with Crippen molar-refractivity contribution in [3.63, 3.8) is 0 Å². The van der Waals surface area contributed by atoms with Gasteiger partial charge in [0.25, 0.3) is 0 Å². The van der Waals surface area contributed by atoms with E-state index < -0.39 is 0 Å². The highest BCUT2D eigenvalue weighted by Gasteiger charge is 2.10. The zero-order valence-electron chi connectivity index (χ0n) is 8.48. The van der Waals surface area contributed by atoms with Crippen LogP contribution < -0.4 is 0 Å². The Morgan fingerprint density at radius 2 is 2.21 bits per heavy atom. The molecule has 14 heavy (non-hydrogen) atoms. The van der Waals surface area contributed by atoms with Gasteiger partial charge in [0.15, 0.2) is 0 Å². The first-order chi connectivity index (χ1) is 6.86. The number of rotatable bonds is 5. The molecule has 1 aliphatic rings. The number of aliphatic imine (C=N–C) groups is 1. The topological polar surface area (TPSA) is 39.4 Å². The first-order valence-corrected chi connectivity index (χ1v) is 6.18. The number of nitrogens with zero attached hydrogens (tertiary/aromatic N) is 3. The van der Waals surface area contributed by atoms with Crippen LogP contribution in [0.5, 0.6) is 0 Å². The Labute approximate surface area is 90.2 Å². The SMILES string of the molecule is C=NC(C#N)CCCN1CCSCC1. The molecule has 0 amide bonds. The summed E-state index contributed by atoms with van der Waals surface area (Å²) >= 11 is 2.02. The molecule has 1 heterocycles. The fourth-order valence-electron chi connectivity index (χ4n) is 1.53. The maximum Gasteiger partial charge on any atom is 0.135 e. The van der Waals surface area contributed by atoms with Crippen molar-refractivity contribution >= 4 is 18.5 Å². The lowest BCUT2D eigenvalue weighted by atomic mass is 10.2. The molecule has 0 radical (unpaired) electrons. The van der Waals surface area contributed by atoms with Crippen LogP contribution in [0.4, 0.5) is 0 Å². The van der Waals surface area contributed by atoms with Gasteiger partial charge in [0.2, 0.25) is 0 Å². The zero-order valence-corrected chi connectivity index (χ0v) is 9.30. The van der Waals surface area contributed by atoms with Gasteiger partial charge >= 0.3 is 0 Å². The van der Waals surface area contributed by atoms with Crippen LogP contribution in [0.3, 0.4) is 0 Å². The van der Waals surface area contributed by atoms with E-state index in [-0.39, 0.29) is 6.04 Å². The highest BCUT2D eigenvalue weighted by Crippen LogP contribution is 2.10. The fraction of sp³-hybridized carbons (Fsp3) is 0.800. The van der Waals surface area contributed by atoms with Gasteiger partial charge in [-0.2, -0.15) is 17.0 Å². The molecule has 0 N–H and O–H groups in total. The molecule has 4 heteroatoms. The van der Waals surface area contributed by atoms with Crippen molar-refractivity contribution in [2.45, 2.75) is 18.9 Å². The molecule has 1 rings (SSSR count). The molecule has 1 atom stereocenters. The third-order valence-electron chi connectivity index (χ3n) is 2.43. The number of thioether (sulfide) groups is 1. The van der Waals surface area contributed by atoms with Gasteiger partial charge in [-0.15, -0.1) is 0 Å². The van der Waals surface area contributed by atoms with E-state index in [0.717, 1.165) is 19.4 Å². The van der Waals surface area contributed by atoms with Gasteiger partial charge < -0.3 is 4.90 Å². The standard InChI is InChI=1S/C10H17N3S/c1-12-10(9-11)3-2-4-13-5-7-14-8-6-13/h10H,1-8H2. The minimum absolute atomic E-state index is 0.200. The van der Waals surface area contributed by atoms with Crippen LogP contribution in [0.15, 0.2) is 4.99 Å². The summed E-state index contributed by atoms with van der Waals surface area (Å²) in [5.41, 5.74) is 0. The van der Waals surface area contributed by atoms with E-state index in [9.17, 15) is 0 Å². The van der Waals surface area contributed by atoms with Crippen LogP contribution in [-0.4, -0.2) is 48.8 Å². The average Bonchev–Trinajstić information content (AvgIpc) is 2.26. The normalized spacial score (nSPS) is 19.9. The lowest BCUT2D eigenvalue weighted by Crippen LogP contribution is -2.33. The van der Waals surface area contributed by atoms with Gasteiger partial charge in [-0.05, 0) is 26.1 Å². The Kier molecular flexibility index (Phi) is 5.65. The molecule has 0 spiro atoms. The molecule has 78 valence electrons. The Balaban J connectivity index is 2.08. The van der Waals surface area contributed by atoms with Crippen LogP contribution in [0.25, 0.3) is 0 Å². The summed E-state index contributed by atoms with van der Waals surface area (Å²) in [5, 5.41) is 8.66. The largest absolute Gasteiger partial charge is 0.302 e. The molecule has 0 bridgehead atoms. The van der Waals surface area contributed by atoms with Crippen molar-refractivity contribution in [3.8, 4) is 6.07 Å². The predicted molar refractivity (Wildman–Crippen MR) is 61.9 cm³/mol. The predicted octanol–water partition coefficient (Wildman–Crippen LogP) is 1.41. The highest BCUT2D eigenvalue weighted by atomic mass is 32.2. The third kappa shape index (κ3) is 4.12. The third-order valence-corrected chi connectivity index (χ3v) is 3.37. The first kappa shape index (κ1) is 11.5. The van der Waals surface area contributed by atoms with E-state index in [4.69, 9.17) is 5.26 Å². The van der Waals surface area contributed by atoms with E-state index in [1.54, 1.807) is 0 Å². The van der Waals surface area contributed by atoms with Gasteiger partial charge in [0.1, 0.15) is 6.04 Å². The number of hydrogen-bond acceptors (Lipinski definition) is 4. The van der Waals surface area contributed by atoms with Crippen molar-refractivity contribution in [2.24, 2.45) is 4.99 Å². The van der Waals surface area contributed by atoms with Crippen molar-refractivity contribution < 1.29 is 0 Å². The molecule has 1 saturated heterocycles. The molecule has 1 unspecified atom stereocenters. The maximum absolute atomic E-state index is 8.66. The summed E-state index contributed by atoms with van der Waals surface area (Å²) in [6.45, 7) is 6.91. The Hall–Kier alpha value is -0.530. The van der Waals surface area contributed by atoms with Gasteiger partial charge in [0, 0.05) is 24.6 Å². The van der Waals surface area contributed by atoms with Gasteiger partial charge in [-0.1, -0.05) is 0 Å². The molecule has 3 nitrogen and oxygen atoms in total. The van der Waals surface area contributed by atoms with E-state index >= 15 is 0 Å². The minimum Gasteiger partial charge on any atom is -0.302 e. The smallest absolute Gasteiger partial charge is 0.135 e. The second-order valence-electron chi connectivity index (χ2n) is 3.42. The molecule has 0 aliphatic carbocycles. The monoisotopic (exact) mass is 211 g/mol. The molecular weight excluding hydrogens is 194 g/mol. The Morgan fingerprint density at radius 1 is 1.50 bits per heavy atom. The van der Waals surface area contributed by atoms with Gasteiger partial charge in [0.05, 0.1) is 6.07 Å². The Morgan fingerprint density at radius 3 is 2.79 bits per heavy atom. The second kappa shape index (κ2) is 6.86. The van der Waals surface area contributed by atoms with Gasteiger partial charge in [-0.25, -0.2) is 0 Å². The zero-order chi connectivity index (χ0) is 10.2. The summed E-state index contributed by atoms with van der Waals surface area (Å²) in [4.78, 5) is 6.22. The average molecular weight is 211 g/mol. The van der Waals surface area contributed by atoms with Crippen LogP contribution in [-0.2, 0) is 0 Å². The van der Waals surface area contributed by atoms with E-state index in [1.807, 2.05) is 11.8 Å². The first-order valence-electron chi connectivity index (χ1n) is 5.02. The number of nitriles is 1. The molecule has 0 aromatic heterocycles. The van der Waals surface area contributed by atoms with Crippen LogP contribution in [0.1, 0.15) is 12.8 Å². The second-order valence-corrected chi connectivity index (χ2v) is 4.65. The number of hydrogen-bond donors (Lipinski definition) is 0. The van der Waals surface area contributed by atoms with Crippen molar-refractivity contribution in [1.29, 1.82) is 5.26 Å². The summed E-state index contributed by atoms with van der Waals surface area (Å²) in [6.07, 6.45) is 1.91. The fourth-order valence-corrected chi connectivity index (χ4v) is 2.51. The molecule has 0 aromatic carbocycles. The van der Waals surface area contributed by atoms with Crippen LogP contribution in [0.2, 0.25) is 0 Å². The van der Waals surface area contributed by atoms with Crippen LogP contribution >= 0.6 is 11.8 Å². The highest BCUT2D eigenvalue weighted by molar-refractivity contribution is 7.99. The summed E-state index contributed by atoms with van der Waals surface area (Å²) < 4.78 is 0. The molecule has 1 aliphatic heterocycles.